The molecule has 0 atom stereocenters. The number of rotatable bonds is 5. The Morgan fingerprint density at radius 1 is 1.23 bits per heavy atom. The van der Waals surface area contributed by atoms with Crippen LogP contribution in [0.5, 0.6) is 0 Å². The lowest BCUT2D eigenvalue weighted by molar-refractivity contribution is 0.0940. The van der Waals surface area contributed by atoms with Gasteiger partial charge in [0.05, 0.1) is 10.7 Å². The van der Waals surface area contributed by atoms with Crippen LogP contribution in [0.4, 0.5) is 5.82 Å². The molecule has 0 aliphatic carbocycles. The highest BCUT2D eigenvalue weighted by Crippen LogP contribution is 2.23. The summed E-state index contributed by atoms with van der Waals surface area (Å²) >= 11 is 1.49. The molecule has 0 radical (unpaired) electrons. The summed E-state index contributed by atoms with van der Waals surface area (Å²) in [6, 6.07) is 7.78. The Balaban J connectivity index is 1.27. The third-order valence-corrected chi connectivity index (χ3v) is 5.08. The number of pyridine rings is 1. The molecule has 1 amide bonds. The Morgan fingerprint density at radius 2 is 2.04 bits per heavy atom. The number of aryl methyl sites for hydroxylation is 1. The minimum Gasteiger partial charge on any atom is -0.354 e. The predicted octanol–water partition coefficient (Wildman–Crippen LogP) is 2.17. The molecular weight excluding hydrogens is 348 g/mol. The van der Waals surface area contributed by atoms with Crippen molar-refractivity contribution in [3.8, 4) is 11.3 Å². The van der Waals surface area contributed by atoms with Crippen molar-refractivity contribution < 1.29 is 4.79 Å². The maximum Gasteiger partial charge on any atom is 0.270 e. The van der Waals surface area contributed by atoms with Crippen molar-refractivity contribution in [3.63, 3.8) is 0 Å². The average molecular weight is 366 g/mol. The summed E-state index contributed by atoms with van der Waals surface area (Å²) < 4.78 is 0. The zero-order valence-corrected chi connectivity index (χ0v) is 15.1. The van der Waals surface area contributed by atoms with E-state index in [1.807, 2.05) is 31.2 Å². The van der Waals surface area contributed by atoms with E-state index in [-0.39, 0.29) is 5.91 Å². The molecule has 4 rings (SSSR count). The smallest absolute Gasteiger partial charge is 0.270 e. The van der Waals surface area contributed by atoms with Gasteiger partial charge in [-0.25, -0.2) is 4.98 Å². The summed E-state index contributed by atoms with van der Waals surface area (Å²) in [4.78, 5) is 22.4. The van der Waals surface area contributed by atoms with Gasteiger partial charge in [0, 0.05) is 48.9 Å². The van der Waals surface area contributed by atoms with Crippen molar-refractivity contribution >= 4 is 23.1 Å². The molecule has 0 bridgehead atoms. The third-order valence-electron chi connectivity index (χ3n) is 4.31. The van der Waals surface area contributed by atoms with Crippen LogP contribution in [0, 0.1) is 12.8 Å². The first-order valence-electron chi connectivity index (χ1n) is 8.38. The molecule has 0 saturated carbocycles. The molecule has 1 aliphatic rings. The number of hydrogen-bond donors (Lipinski definition) is 1. The van der Waals surface area contributed by atoms with Gasteiger partial charge in [-0.1, -0.05) is 0 Å². The second-order valence-corrected chi connectivity index (χ2v) is 7.31. The second kappa shape index (κ2) is 7.17. The first-order chi connectivity index (χ1) is 12.7. The molecule has 0 unspecified atom stereocenters. The van der Waals surface area contributed by atoms with Crippen molar-refractivity contribution in [1.82, 2.24) is 25.5 Å². The summed E-state index contributed by atoms with van der Waals surface area (Å²) in [5.41, 5.74) is 2.33. The highest BCUT2D eigenvalue weighted by atomic mass is 32.1. The first-order valence-corrected chi connectivity index (χ1v) is 9.26. The van der Waals surface area contributed by atoms with Gasteiger partial charge in [-0.05, 0) is 31.2 Å². The number of nitrogens with one attached hydrogen (secondary N) is 1. The Hall–Kier alpha value is -2.87. The van der Waals surface area contributed by atoms with Crippen LogP contribution in [0.25, 0.3) is 11.3 Å². The number of thiazole rings is 1. The molecule has 1 aliphatic heterocycles. The van der Waals surface area contributed by atoms with E-state index in [1.165, 1.54) is 11.3 Å². The Labute approximate surface area is 155 Å². The molecule has 1 N–H and O–H groups in total. The Bertz CT molecular complexity index is 890. The van der Waals surface area contributed by atoms with Crippen LogP contribution in [0.2, 0.25) is 0 Å². The maximum absolute atomic E-state index is 12.0. The molecule has 4 heterocycles. The highest BCUT2D eigenvalue weighted by molar-refractivity contribution is 7.09. The van der Waals surface area contributed by atoms with Gasteiger partial charge in [0.1, 0.15) is 5.69 Å². The fourth-order valence-corrected chi connectivity index (χ4v) is 3.44. The monoisotopic (exact) mass is 366 g/mol. The van der Waals surface area contributed by atoms with Crippen molar-refractivity contribution in [3.05, 3.63) is 52.7 Å². The topological polar surface area (TPSA) is 83.9 Å². The number of aromatic nitrogens is 4. The standard InChI is InChI=1S/C18H18N6OS/c1-12-21-16(11-26-12)18(25)20-8-13-9-24(10-13)17-3-2-15(22-23-17)14-4-6-19-7-5-14/h2-7,11,13H,8-10H2,1H3,(H,20,25). The molecule has 8 heteroatoms. The van der Waals surface area contributed by atoms with Gasteiger partial charge in [0.15, 0.2) is 5.82 Å². The highest BCUT2D eigenvalue weighted by Gasteiger charge is 2.28. The van der Waals surface area contributed by atoms with Crippen LogP contribution < -0.4 is 10.2 Å². The van der Waals surface area contributed by atoms with Crippen LogP contribution in [0.3, 0.4) is 0 Å². The molecular formula is C18H18N6OS. The van der Waals surface area contributed by atoms with Gasteiger partial charge in [-0.15, -0.1) is 21.5 Å². The molecule has 3 aromatic rings. The van der Waals surface area contributed by atoms with Gasteiger partial charge in [0.2, 0.25) is 0 Å². The lowest BCUT2D eigenvalue weighted by atomic mass is 10.00. The molecule has 1 fully saturated rings. The third kappa shape index (κ3) is 3.55. The van der Waals surface area contributed by atoms with Crippen molar-refractivity contribution in [2.24, 2.45) is 5.92 Å². The normalized spacial score (nSPS) is 14.1. The second-order valence-electron chi connectivity index (χ2n) is 6.25. The minimum absolute atomic E-state index is 0.103. The largest absolute Gasteiger partial charge is 0.354 e. The van der Waals surface area contributed by atoms with E-state index in [0.29, 0.717) is 18.2 Å². The van der Waals surface area contributed by atoms with Crippen LogP contribution >= 0.6 is 11.3 Å². The van der Waals surface area contributed by atoms with E-state index >= 15 is 0 Å². The van der Waals surface area contributed by atoms with Crippen molar-refractivity contribution in [2.45, 2.75) is 6.92 Å². The van der Waals surface area contributed by atoms with Crippen molar-refractivity contribution in [2.75, 3.05) is 24.5 Å². The predicted molar refractivity (Wildman–Crippen MR) is 100 cm³/mol. The molecule has 1 saturated heterocycles. The molecule has 132 valence electrons. The van der Waals surface area contributed by atoms with E-state index < -0.39 is 0 Å². The number of carbonyl (C=O) groups excluding carboxylic acids is 1. The number of anilines is 1. The summed E-state index contributed by atoms with van der Waals surface area (Å²) in [5, 5.41) is 14.3. The average Bonchev–Trinajstić information content (AvgIpc) is 3.08. The van der Waals surface area contributed by atoms with Crippen LogP contribution in [0.1, 0.15) is 15.5 Å². The number of hydrogen-bond acceptors (Lipinski definition) is 7. The molecule has 26 heavy (non-hydrogen) atoms. The zero-order chi connectivity index (χ0) is 17.9. The van der Waals surface area contributed by atoms with Gasteiger partial charge in [0.25, 0.3) is 5.91 Å². The zero-order valence-electron chi connectivity index (χ0n) is 14.3. The van der Waals surface area contributed by atoms with Gasteiger partial charge < -0.3 is 10.2 Å². The SMILES string of the molecule is Cc1nc(C(=O)NCC2CN(c3ccc(-c4ccncc4)nn3)C2)cs1. The molecule has 7 nitrogen and oxygen atoms in total. The molecule has 3 aromatic heterocycles. The van der Waals surface area contributed by atoms with Crippen LogP contribution in [-0.2, 0) is 0 Å². The van der Waals surface area contributed by atoms with E-state index in [2.05, 4.69) is 30.4 Å². The Morgan fingerprint density at radius 3 is 2.69 bits per heavy atom. The quantitative estimate of drug-likeness (QED) is 0.745. The first kappa shape index (κ1) is 16.6. The van der Waals surface area contributed by atoms with Crippen LogP contribution in [-0.4, -0.2) is 45.7 Å². The summed E-state index contributed by atoms with van der Waals surface area (Å²) in [7, 11) is 0. The van der Waals surface area contributed by atoms with E-state index in [1.54, 1.807) is 17.8 Å². The van der Waals surface area contributed by atoms with Crippen molar-refractivity contribution in [1.29, 1.82) is 0 Å². The Kier molecular flexibility index (Phi) is 4.57. The van der Waals surface area contributed by atoms with Gasteiger partial charge in [-0.2, -0.15) is 0 Å². The lowest BCUT2D eigenvalue weighted by Gasteiger charge is -2.39. The number of carbonyl (C=O) groups is 1. The number of amides is 1. The van der Waals surface area contributed by atoms with Crippen LogP contribution in [0.15, 0.2) is 42.0 Å². The van der Waals surface area contributed by atoms with Gasteiger partial charge in [-0.3, -0.25) is 9.78 Å². The summed E-state index contributed by atoms with van der Waals surface area (Å²) in [5.74, 6) is 1.18. The van der Waals surface area contributed by atoms with E-state index in [0.717, 1.165) is 35.2 Å². The summed E-state index contributed by atoms with van der Waals surface area (Å²) in [6.07, 6.45) is 3.48. The molecule has 0 spiro atoms. The van der Waals surface area contributed by atoms with E-state index in [4.69, 9.17) is 0 Å². The van der Waals surface area contributed by atoms with E-state index in [9.17, 15) is 4.79 Å². The minimum atomic E-state index is -0.103. The molecule has 0 aromatic carbocycles. The fraction of sp³-hybridized carbons (Fsp3) is 0.278. The lowest BCUT2D eigenvalue weighted by Crippen LogP contribution is -2.52. The summed E-state index contributed by atoms with van der Waals surface area (Å²) in [6.45, 7) is 4.26. The van der Waals surface area contributed by atoms with Gasteiger partial charge >= 0.3 is 0 Å². The fourth-order valence-electron chi connectivity index (χ4n) is 2.85. The number of nitrogens with zero attached hydrogens (tertiary/aromatic N) is 5. The maximum atomic E-state index is 12.0.